The second kappa shape index (κ2) is 11.4. The smallest absolute Gasteiger partial charge is 0.250 e. The highest BCUT2D eigenvalue weighted by Crippen LogP contribution is 2.38. The summed E-state index contributed by atoms with van der Waals surface area (Å²) in [5, 5.41) is 13.2. The highest BCUT2D eigenvalue weighted by Gasteiger charge is 2.28. The number of halogens is 3. The molecule has 3 aromatic rings. The highest BCUT2D eigenvalue weighted by molar-refractivity contribution is 9.10. The number of nitrogens with one attached hydrogen (secondary N) is 2. The van der Waals surface area contributed by atoms with Crippen molar-refractivity contribution >= 4 is 74.2 Å². The van der Waals surface area contributed by atoms with Crippen molar-refractivity contribution in [1.82, 2.24) is 14.9 Å². The summed E-state index contributed by atoms with van der Waals surface area (Å²) in [7, 11) is 0. The first-order valence-electron chi connectivity index (χ1n) is 10.5. The van der Waals surface area contributed by atoms with Gasteiger partial charge in [0.2, 0.25) is 11.8 Å². The molecule has 0 saturated carbocycles. The first kappa shape index (κ1) is 26.2. The molecule has 3 heterocycles. The number of carbonyl (C=O) groups excluding carboxylic acids is 2. The number of piperazine rings is 1. The van der Waals surface area contributed by atoms with Gasteiger partial charge in [-0.05, 0) is 40.0 Å². The topological polar surface area (TPSA) is 128 Å². The Morgan fingerprint density at radius 1 is 1.24 bits per heavy atom. The summed E-state index contributed by atoms with van der Waals surface area (Å²) in [6.45, 7) is 1.62. The van der Waals surface area contributed by atoms with Crippen LogP contribution in [0.4, 0.5) is 11.4 Å². The van der Waals surface area contributed by atoms with Gasteiger partial charge < -0.3 is 30.9 Å². The molecule has 0 aliphatic carbocycles. The van der Waals surface area contributed by atoms with Crippen LogP contribution < -0.4 is 16.0 Å². The summed E-state index contributed by atoms with van der Waals surface area (Å²) in [4.78, 5) is 36.0. The van der Waals surface area contributed by atoms with Crippen LogP contribution in [0.25, 0.3) is 11.0 Å². The number of rotatable bonds is 6. The van der Waals surface area contributed by atoms with E-state index in [-0.39, 0.29) is 18.3 Å². The molecule has 1 aliphatic heterocycles. The largest absolute Gasteiger partial charge is 0.387 e. The molecular weight excluding hydrogens is 547 g/mol. The van der Waals surface area contributed by atoms with Crippen LogP contribution >= 0.6 is 39.9 Å². The second-order valence-corrected chi connectivity index (χ2v) is 9.13. The Morgan fingerprint density at radius 3 is 2.56 bits per heavy atom. The number of aromatic amines is 1. The fraction of sp³-hybridized carbons (Fsp3) is 0.318. The van der Waals surface area contributed by atoms with Gasteiger partial charge >= 0.3 is 0 Å². The maximum Gasteiger partial charge on any atom is 0.250 e. The molecule has 182 valence electrons. The minimum atomic E-state index is -0.623. The number of fused-ring (bicyclic) bond motifs is 1. The molecule has 1 saturated heterocycles. The van der Waals surface area contributed by atoms with E-state index in [4.69, 9.17) is 22.4 Å². The molecule has 0 spiro atoms. The summed E-state index contributed by atoms with van der Waals surface area (Å²) in [5.74, 6) is -0.590. The number of aliphatic hydroxyl groups is 1. The Morgan fingerprint density at radius 2 is 1.91 bits per heavy atom. The van der Waals surface area contributed by atoms with Crippen molar-refractivity contribution in [3.05, 3.63) is 51.7 Å². The molecule has 2 amide bonds. The Bertz CT molecular complexity index is 1170. The van der Waals surface area contributed by atoms with Crippen LogP contribution in [0.2, 0.25) is 5.02 Å². The van der Waals surface area contributed by atoms with E-state index >= 15 is 0 Å². The fourth-order valence-corrected chi connectivity index (χ4v) is 4.68. The van der Waals surface area contributed by atoms with Crippen LogP contribution in [0.5, 0.6) is 0 Å². The third-order valence-corrected chi connectivity index (χ3v) is 6.47. The van der Waals surface area contributed by atoms with Gasteiger partial charge in [-0.1, -0.05) is 23.7 Å². The summed E-state index contributed by atoms with van der Waals surface area (Å²) in [6, 6.07) is 6.71. The van der Waals surface area contributed by atoms with Crippen LogP contribution in [0, 0.1) is 0 Å². The van der Waals surface area contributed by atoms with Gasteiger partial charge in [0.05, 0.1) is 27.3 Å². The van der Waals surface area contributed by atoms with Crippen LogP contribution in [0.1, 0.15) is 5.56 Å². The number of carbonyl (C=O) groups is 2. The lowest BCUT2D eigenvalue weighted by Crippen LogP contribution is -2.53. The van der Waals surface area contributed by atoms with Crippen LogP contribution in [0.3, 0.4) is 0 Å². The number of pyridine rings is 1. The molecule has 1 aliphatic rings. The van der Waals surface area contributed by atoms with E-state index in [9.17, 15) is 9.59 Å². The summed E-state index contributed by atoms with van der Waals surface area (Å²) in [5.41, 5.74) is 9.20. The maximum atomic E-state index is 12.9. The Labute approximate surface area is 216 Å². The minimum absolute atomic E-state index is 0. The van der Waals surface area contributed by atoms with E-state index in [1.165, 1.54) is 0 Å². The molecule has 5 N–H and O–H groups in total. The van der Waals surface area contributed by atoms with Gasteiger partial charge in [0.25, 0.3) is 0 Å². The fourth-order valence-electron chi connectivity index (χ4n) is 4.00. The number of amides is 2. The molecule has 9 nitrogen and oxygen atoms in total. The highest BCUT2D eigenvalue weighted by atomic mass is 79.9. The molecular formula is C22H25BrCl2N6O3. The van der Waals surface area contributed by atoms with Crippen molar-refractivity contribution in [2.75, 3.05) is 43.0 Å². The standard InChI is InChI=1S/C22H24BrClN6O3.ClH/c23-15-10-26-21-19(17(11-27-21)28-18(32)12-31)20(15)29-5-7-30(8-6-29)22(33)16(25)9-13-1-3-14(24)4-2-13;/h1-4,10-11,16,31H,5-9,12,25H2,(H,26,27)(H,28,32);1H. The zero-order chi connectivity index (χ0) is 23.5. The number of benzene rings is 1. The first-order valence-corrected chi connectivity index (χ1v) is 11.6. The van der Waals surface area contributed by atoms with Gasteiger partial charge in [-0.2, -0.15) is 0 Å². The quantitative estimate of drug-likeness (QED) is 0.360. The number of hydrogen-bond acceptors (Lipinski definition) is 6. The van der Waals surface area contributed by atoms with Gasteiger partial charge in [-0.15, -0.1) is 12.4 Å². The number of aromatic nitrogens is 2. The van der Waals surface area contributed by atoms with Gasteiger partial charge in [0, 0.05) is 43.6 Å². The average molecular weight is 572 g/mol. The molecule has 1 unspecified atom stereocenters. The van der Waals surface area contributed by atoms with Gasteiger partial charge in [-0.3, -0.25) is 9.59 Å². The monoisotopic (exact) mass is 570 g/mol. The molecule has 1 atom stereocenters. The lowest BCUT2D eigenvalue weighted by molar-refractivity contribution is -0.132. The van der Waals surface area contributed by atoms with Gasteiger partial charge in [0.15, 0.2) is 0 Å². The van der Waals surface area contributed by atoms with E-state index in [1.807, 2.05) is 12.1 Å². The minimum Gasteiger partial charge on any atom is -0.387 e. The first-order chi connectivity index (χ1) is 15.9. The number of aliphatic hydroxyl groups excluding tert-OH is 1. The maximum absolute atomic E-state index is 12.9. The van der Waals surface area contributed by atoms with Crippen molar-refractivity contribution in [2.24, 2.45) is 5.73 Å². The van der Waals surface area contributed by atoms with Crippen LogP contribution in [-0.4, -0.2) is 70.6 Å². The Hall–Kier alpha value is -2.37. The molecule has 0 bridgehead atoms. The number of anilines is 2. The molecule has 0 radical (unpaired) electrons. The van der Waals surface area contributed by atoms with Gasteiger partial charge in [0.1, 0.15) is 12.3 Å². The van der Waals surface area contributed by atoms with E-state index < -0.39 is 18.6 Å². The molecule has 12 heteroatoms. The summed E-state index contributed by atoms with van der Waals surface area (Å²) < 4.78 is 0.772. The van der Waals surface area contributed by atoms with Crippen LogP contribution in [-0.2, 0) is 16.0 Å². The lowest BCUT2D eigenvalue weighted by atomic mass is 10.1. The predicted molar refractivity (Wildman–Crippen MR) is 139 cm³/mol. The number of H-pyrrole nitrogens is 1. The van der Waals surface area contributed by atoms with Crippen molar-refractivity contribution in [2.45, 2.75) is 12.5 Å². The average Bonchev–Trinajstić information content (AvgIpc) is 3.22. The zero-order valence-corrected chi connectivity index (χ0v) is 21.3. The van der Waals surface area contributed by atoms with Gasteiger partial charge in [-0.25, -0.2) is 4.98 Å². The summed E-state index contributed by atoms with van der Waals surface area (Å²) >= 11 is 9.50. The third kappa shape index (κ3) is 5.64. The summed E-state index contributed by atoms with van der Waals surface area (Å²) in [6.07, 6.45) is 3.80. The van der Waals surface area contributed by atoms with Crippen molar-refractivity contribution in [3.8, 4) is 0 Å². The van der Waals surface area contributed by atoms with E-state index in [0.29, 0.717) is 49.0 Å². The molecule has 4 rings (SSSR count). The zero-order valence-electron chi connectivity index (χ0n) is 18.1. The molecule has 1 aromatic carbocycles. The van der Waals surface area contributed by atoms with Crippen molar-refractivity contribution in [3.63, 3.8) is 0 Å². The van der Waals surface area contributed by atoms with Crippen molar-refractivity contribution < 1.29 is 14.7 Å². The third-order valence-electron chi connectivity index (χ3n) is 5.64. The molecule has 34 heavy (non-hydrogen) atoms. The predicted octanol–water partition coefficient (Wildman–Crippen LogP) is 2.55. The normalized spacial score (nSPS) is 14.6. The van der Waals surface area contributed by atoms with E-state index in [0.717, 1.165) is 21.1 Å². The van der Waals surface area contributed by atoms with Crippen LogP contribution in [0.15, 0.2) is 41.1 Å². The number of nitrogens with two attached hydrogens (primary N) is 1. The second-order valence-electron chi connectivity index (χ2n) is 7.84. The lowest BCUT2D eigenvalue weighted by Gasteiger charge is -2.37. The SMILES string of the molecule is Cl.NC(Cc1ccc(Cl)cc1)C(=O)N1CCN(c2c(Br)cnc3[nH]cc(NC(=O)CO)c23)CC1. The number of hydrogen-bond donors (Lipinski definition) is 4. The molecule has 1 fully saturated rings. The van der Waals surface area contributed by atoms with Crippen molar-refractivity contribution in [1.29, 1.82) is 0 Å². The Kier molecular flexibility index (Phi) is 8.78. The van der Waals surface area contributed by atoms with E-state index in [1.54, 1.807) is 29.4 Å². The number of nitrogens with zero attached hydrogens (tertiary/aromatic N) is 3. The Balaban J connectivity index is 0.00000324. The van der Waals surface area contributed by atoms with E-state index in [2.05, 4.69) is 36.1 Å². The molecule has 2 aromatic heterocycles.